The van der Waals surface area contributed by atoms with Crippen LogP contribution in [0.4, 0.5) is 0 Å². The van der Waals surface area contributed by atoms with Gasteiger partial charge in [-0.05, 0) is 43.2 Å². The molecule has 0 atom stereocenters. The highest BCUT2D eigenvalue weighted by Gasteiger charge is 2.09. The Labute approximate surface area is 127 Å². The average molecular weight is 331 g/mol. The van der Waals surface area contributed by atoms with Crippen molar-refractivity contribution in [2.75, 3.05) is 0 Å². The highest BCUT2D eigenvalue weighted by atomic mass is 79.9. The van der Waals surface area contributed by atoms with E-state index in [0.29, 0.717) is 22.4 Å². The molecule has 0 saturated carbocycles. The Kier molecular flexibility index (Phi) is 4.75. The molecule has 0 aliphatic carbocycles. The molecule has 0 amide bonds. The molecule has 1 aromatic carbocycles. The molecule has 2 aromatic rings. The summed E-state index contributed by atoms with van der Waals surface area (Å²) in [6, 6.07) is 11.6. The van der Waals surface area contributed by atoms with E-state index >= 15 is 0 Å². The maximum Gasteiger partial charge on any atom is 0.148 e. The average Bonchev–Trinajstić information content (AvgIpc) is 2.49. The van der Waals surface area contributed by atoms with Crippen LogP contribution in [0.2, 0.25) is 0 Å². The molecule has 0 N–H and O–H groups in total. The number of hydrogen-bond donors (Lipinski definition) is 0. The van der Waals surface area contributed by atoms with Gasteiger partial charge in [0.05, 0.1) is 11.3 Å². The molecule has 20 heavy (non-hydrogen) atoms. The van der Waals surface area contributed by atoms with E-state index in [1.54, 1.807) is 0 Å². The van der Waals surface area contributed by atoms with Gasteiger partial charge in [-0.3, -0.25) is 4.98 Å². The van der Waals surface area contributed by atoms with Gasteiger partial charge in [0.1, 0.15) is 17.6 Å². The monoisotopic (exact) mass is 330 g/mol. The van der Waals surface area contributed by atoms with Crippen LogP contribution in [0.1, 0.15) is 29.4 Å². The largest absolute Gasteiger partial charge is 0.454 e. The minimum Gasteiger partial charge on any atom is -0.454 e. The minimum atomic E-state index is 0.532. The normalized spacial score (nSPS) is 10.1. The number of rotatable bonds is 4. The number of benzene rings is 1. The lowest BCUT2D eigenvalue weighted by molar-refractivity contribution is 0.471. The lowest BCUT2D eigenvalue weighted by Gasteiger charge is -2.11. The molecule has 0 saturated heterocycles. The molecular formula is C16H15BrN2O. The van der Waals surface area contributed by atoms with E-state index in [-0.39, 0.29) is 0 Å². The number of alkyl halides is 1. The fourth-order valence-corrected chi connectivity index (χ4v) is 2.25. The zero-order valence-corrected chi connectivity index (χ0v) is 13.1. The van der Waals surface area contributed by atoms with Crippen molar-refractivity contribution in [2.24, 2.45) is 0 Å². The number of hydrogen-bond acceptors (Lipinski definition) is 3. The van der Waals surface area contributed by atoms with E-state index in [1.807, 2.05) is 44.2 Å². The third-order valence-electron chi connectivity index (χ3n) is 2.95. The van der Waals surface area contributed by atoms with E-state index in [9.17, 15) is 5.26 Å². The van der Waals surface area contributed by atoms with Gasteiger partial charge < -0.3 is 4.74 Å². The highest BCUT2D eigenvalue weighted by Crippen LogP contribution is 2.28. The van der Waals surface area contributed by atoms with Crippen LogP contribution >= 0.6 is 15.9 Å². The number of nitriles is 1. The van der Waals surface area contributed by atoms with Crippen molar-refractivity contribution >= 4 is 15.9 Å². The molecule has 0 radical (unpaired) electrons. The zero-order chi connectivity index (χ0) is 14.5. The molecule has 1 aromatic heterocycles. The van der Waals surface area contributed by atoms with Crippen molar-refractivity contribution in [2.45, 2.75) is 25.6 Å². The predicted molar refractivity (Wildman–Crippen MR) is 82.2 cm³/mol. The molecule has 0 aliphatic rings. The van der Waals surface area contributed by atoms with Gasteiger partial charge in [-0.2, -0.15) is 5.26 Å². The Morgan fingerprint density at radius 3 is 2.65 bits per heavy atom. The lowest BCUT2D eigenvalue weighted by atomic mass is 10.1. The molecule has 1 heterocycles. The SMILES string of the molecule is CCc1nc(C)ccc1Oc1ccc(CBr)cc1C#N. The minimum absolute atomic E-state index is 0.532. The predicted octanol–water partition coefficient (Wildman–Crippen LogP) is 4.51. The van der Waals surface area contributed by atoms with E-state index in [0.717, 1.165) is 23.4 Å². The second-order valence-electron chi connectivity index (χ2n) is 4.43. The first-order chi connectivity index (χ1) is 9.67. The van der Waals surface area contributed by atoms with E-state index in [1.165, 1.54) is 0 Å². The van der Waals surface area contributed by atoms with Gasteiger partial charge in [-0.15, -0.1) is 0 Å². The standard InChI is InChI=1S/C16H15BrN2O/c1-3-14-16(6-4-11(2)19-14)20-15-7-5-12(9-17)8-13(15)10-18/h4-8H,3,9H2,1-2H3. The Balaban J connectivity index is 2.37. The molecular weight excluding hydrogens is 316 g/mol. The topological polar surface area (TPSA) is 45.9 Å². The van der Waals surface area contributed by atoms with Crippen molar-refractivity contribution in [3.8, 4) is 17.6 Å². The number of ether oxygens (including phenoxy) is 1. The molecule has 2 rings (SSSR count). The van der Waals surface area contributed by atoms with Gasteiger partial charge in [-0.1, -0.05) is 28.9 Å². The zero-order valence-electron chi connectivity index (χ0n) is 11.5. The molecule has 0 bridgehead atoms. The Hall–Kier alpha value is -1.86. The number of pyridine rings is 1. The maximum atomic E-state index is 9.23. The first-order valence-electron chi connectivity index (χ1n) is 6.41. The second-order valence-corrected chi connectivity index (χ2v) is 4.99. The second kappa shape index (κ2) is 6.53. The summed E-state index contributed by atoms with van der Waals surface area (Å²) in [5, 5.41) is 9.94. The number of halogens is 1. The quantitative estimate of drug-likeness (QED) is 0.774. The van der Waals surface area contributed by atoms with Crippen molar-refractivity contribution in [3.63, 3.8) is 0 Å². The molecule has 4 heteroatoms. The van der Waals surface area contributed by atoms with E-state index in [4.69, 9.17) is 4.74 Å². The summed E-state index contributed by atoms with van der Waals surface area (Å²) in [4.78, 5) is 4.46. The van der Waals surface area contributed by atoms with E-state index < -0.39 is 0 Å². The first kappa shape index (κ1) is 14.5. The van der Waals surface area contributed by atoms with Crippen molar-refractivity contribution in [3.05, 3.63) is 52.8 Å². The smallest absolute Gasteiger partial charge is 0.148 e. The Bertz CT molecular complexity index is 662. The summed E-state index contributed by atoms with van der Waals surface area (Å²) in [7, 11) is 0. The third-order valence-corrected chi connectivity index (χ3v) is 3.59. The summed E-state index contributed by atoms with van der Waals surface area (Å²) in [5.74, 6) is 1.28. The molecule has 0 aliphatic heterocycles. The van der Waals surface area contributed by atoms with Gasteiger partial charge in [0, 0.05) is 11.0 Å². The highest BCUT2D eigenvalue weighted by molar-refractivity contribution is 9.08. The lowest BCUT2D eigenvalue weighted by Crippen LogP contribution is -1.97. The maximum absolute atomic E-state index is 9.23. The van der Waals surface area contributed by atoms with Crippen LogP contribution in [-0.2, 0) is 11.8 Å². The van der Waals surface area contributed by atoms with Crippen molar-refractivity contribution < 1.29 is 4.74 Å². The van der Waals surface area contributed by atoms with Gasteiger partial charge in [0.15, 0.2) is 0 Å². The van der Waals surface area contributed by atoms with Crippen LogP contribution in [-0.4, -0.2) is 4.98 Å². The van der Waals surface area contributed by atoms with Crippen LogP contribution in [0.25, 0.3) is 0 Å². The first-order valence-corrected chi connectivity index (χ1v) is 7.53. The molecule has 102 valence electrons. The molecule has 0 spiro atoms. The van der Waals surface area contributed by atoms with Crippen molar-refractivity contribution in [1.82, 2.24) is 4.98 Å². The van der Waals surface area contributed by atoms with Crippen LogP contribution in [0.15, 0.2) is 30.3 Å². The van der Waals surface area contributed by atoms with Crippen molar-refractivity contribution in [1.29, 1.82) is 5.26 Å². The summed E-state index contributed by atoms with van der Waals surface area (Å²) < 4.78 is 5.88. The van der Waals surface area contributed by atoms with Crippen LogP contribution in [0, 0.1) is 18.3 Å². The summed E-state index contributed by atoms with van der Waals surface area (Å²) in [6.45, 7) is 3.99. The molecule has 0 fully saturated rings. The third kappa shape index (κ3) is 3.17. The summed E-state index contributed by atoms with van der Waals surface area (Å²) in [5.41, 5.74) is 3.44. The fraction of sp³-hybridized carbons (Fsp3) is 0.250. The van der Waals surface area contributed by atoms with Crippen LogP contribution in [0.3, 0.4) is 0 Å². The number of aromatic nitrogens is 1. The van der Waals surface area contributed by atoms with Gasteiger partial charge in [0.25, 0.3) is 0 Å². The molecule has 0 unspecified atom stereocenters. The Morgan fingerprint density at radius 1 is 1.25 bits per heavy atom. The number of nitrogens with zero attached hydrogens (tertiary/aromatic N) is 2. The fourth-order valence-electron chi connectivity index (χ4n) is 1.90. The summed E-state index contributed by atoms with van der Waals surface area (Å²) >= 11 is 3.38. The van der Waals surface area contributed by atoms with Gasteiger partial charge >= 0.3 is 0 Å². The number of aryl methyl sites for hydroxylation is 2. The van der Waals surface area contributed by atoms with Crippen LogP contribution < -0.4 is 4.74 Å². The van der Waals surface area contributed by atoms with Gasteiger partial charge in [-0.25, -0.2) is 0 Å². The summed E-state index contributed by atoms with van der Waals surface area (Å²) in [6.07, 6.45) is 0.790. The molecule has 3 nitrogen and oxygen atoms in total. The van der Waals surface area contributed by atoms with Crippen LogP contribution in [0.5, 0.6) is 11.5 Å². The Morgan fingerprint density at radius 2 is 2.00 bits per heavy atom. The van der Waals surface area contributed by atoms with E-state index in [2.05, 4.69) is 27.0 Å². The van der Waals surface area contributed by atoms with Gasteiger partial charge in [0.2, 0.25) is 0 Å².